The third-order valence-corrected chi connectivity index (χ3v) is 1.85. The minimum absolute atomic E-state index is 0.0238. The van der Waals surface area contributed by atoms with Gasteiger partial charge in [0.1, 0.15) is 12.4 Å². The summed E-state index contributed by atoms with van der Waals surface area (Å²) in [4.78, 5) is 11.4. The predicted molar refractivity (Wildman–Crippen MR) is 56.4 cm³/mol. The molecule has 3 heteroatoms. The van der Waals surface area contributed by atoms with Gasteiger partial charge in [0, 0.05) is 5.56 Å². The van der Waals surface area contributed by atoms with Crippen molar-refractivity contribution in [3.8, 4) is 0 Å². The second kappa shape index (κ2) is 6.09. The van der Waals surface area contributed by atoms with Crippen molar-refractivity contribution in [3.05, 3.63) is 47.8 Å². The molecule has 0 bridgehead atoms. The first-order chi connectivity index (χ1) is 7.24. The van der Waals surface area contributed by atoms with E-state index in [1.807, 2.05) is 19.1 Å². The van der Waals surface area contributed by atoms with Crippen LogP contribution in [0.1, 0.15) is 17.3 Å². The Morgan fingerprint density at radius 1 is 1.40 bits per heavy atom. The number of carbonyl (C=O) groups excluding carboxylic acids is 1. The first-order valence-electron chi connectivity index (χ1n) is 4.71. The largest absolute Gasteiger partial charge is 0.369 e. The maximum atomic E-state index is 12.6. The van der Waals surface area contributed by atoms with E-state index in [1.54, 1.807) is 0 Å². The van der Waals surface area contributed by atoms with Gasteiger partial charge in [0.25, 0.3) is 0 Å². The summed E-state index contributed by atoms with van der Waals surface area (Å²) in [6.07, 6.45) is 3.67. The molecule has 0 radical (unpaired) electrons. The van der Waals surface area contributed by atoms with E-state index in [2.05, 4.69) is 0 Å². The molecule has 0 saturated carbocycles. The van der Waals surface area contributed by atoms with Gasteiger partial charge in [-0.1, -0.05) is 12.2 Å². The third kappa shape index (κ3) is 4.04. The standard InChI is InChI=1S/C12H13FO2/c1-2-3-8-15-9-12(14)10-4-6-11(13)7-5-10/h2-7H,8-9H2,1H3. The number of benzene rings is 1. The fourth-order valence-electron chi connectivity index (χ4n) is 1.04. The first kappa shape index (κ1) is 11.6. The topological polar surface area (TPSA) is 26.3 Å². The third-order valence-electron chi connectivity index (χ3n) is 1.85. The molecule has 0 aliphatic heterocycles. The van der Waals surface area contributed by atoms with Gasteiger partial charge in [-0.05, 0) is 31.2 Å². The van der Waals surface area contributed by atoms with Crippen molar-refractivity contribution in [2.45, 2.75) is 6.92 Å². The van der Waals surface area contributed by atoms with Crippen molar-refractivity contribution in [3.63, 3.8) is 0 Å². The first-order valence-corrected chi connectivity index (χ1v) is 4.71. The number of carbonyl (C=O) groups is 1. The van der Waals surface area contributed by atoms with Gasteiger partial charge in [-0.2, -0.15) is 0 Å². The Morgan fingerprint density at radius 2 is 2.07 bits per heavy atom. The number of hydrogen-bond acceptors (Lipinski definition) is 2. The highest BCUT2D eigenvalue weighted by Crippen LogP contribution is 2.03. The average molecular weight is 208 g/mol. The lowest BCUT2D eigenvalue weighted by Gasteiger charge is -2.00. The van der Waals surface area contributed by atoms with E-state index in [0.29, 0.717) is 12.2 Å². The molecule has 0 atom stereocenters. The molecule has 0 heterocycles. The highest BCUT2D eigenvalue weighted by molar-refractivity contribution is 5.97. The number of halogens is 1. The van der Waals surface area contributed by atoms with E-state index in [1.165, 1.54) is 24.3 Å². The maximum absolute atomic E-state index is 12.6. The molecule has 0 aliphatic rings. The molecule has 80 valence electrons. The fraction of sp³-hybridized carbons (Fsp3) is 0.250. The maximum Gasteiger partial charge on any atom is 0.188 e. The van der Waals surface area contributed by atoms with Crippen LogP contribution in [0.15, 0.2) is 36.4 Å². The number of allylic oxidation sites excluding steroid dienone is 1. The predicted octanol–water partition coefficient (Wildman–Crippen LogP) is 2.60. The van der Waals surface area contributed by atoms with E-state index in [9.17, 15) is 9.18 Å². The summed E-state index contributed by atoms with van der Waals surface area (Å²) in [5, 5.41) is 0. The molecule has 0 spiro atoms. The molecule has 0 aromatic heterocycles. The smallest absolute Gasteiger partial charge is 0.188 e. The summed E-state index contributed by atoms with van der Waals surface area (Å²) < 4.78 is 17.6. The van der Waals surface area contributed by atoms with Crippen molar-refractivity contribution >= 4 is 5.78 Å². The van der Waals surface area contributed by atoms with E-state index in [4.69, 9.17) is 4.74 Å². The summed E-state index contributed by atoms with van der Waals surface area (Å²) in [7, 11) is 0. The lowest BCUT2D eigenvalue weighted by atomic mass is 10.1. The summed E-state index contributed by atoms with van der Waals surface area (Å²) in [6, 6.07) is 5.44. The Bertz CT molecular complexity index is 341. The second-order valence-corrected chi connectivity index (χ2v) is 3.01. The number of Topliss-reactive ketones (excluding diaryl/α,β-unsaturated/α-hetero) is 1. The van der Waals surface area contributed by atoms with Crippen molar-refractivity contribution in [2.24, 2.45) is 0 Å². The van der Waals surface area contributed by atoms with Crippen LogP contribution in [-0.2, 0) is 4.74 Å². The van der Waals surface area contributed by atoms with E-state index in [-0.39, 0.29) is 18.2 Å². The van der Waals surface area contributed by atoms with Crippen LogP contribution in [0.4, 0.5) is 4.39 Å². The van der Waals surface area contributed by atoms with Gasteiger partial charge in [-0.25, -0.2) is 4.39 Å². The van der Waals surface area contributed by atoms with Gasteiger partial charge < -0.3 is 4.74 Å². The van der Waals surface area contributed by atoms with Crippen LogP contribution in [0, 0.1) is 5.82 Å². The molecule has 0 fully saturated rings. The zero-order valence-electron chi connectivity index (χ0n) is 8.57. The van der Waals surface area contributed by atoms with Crippen molar-refractivity contribution < 1.29 is 13.9 Å². The summed E-state index contributed by atoms with van der Waals surface area (Å²) >= 11 is 0. The van der Waals surface area contributed by atoms with Crippen LogP contribution in [0.25, 0.3) is 0 Å². The van der Waals surface area contributed by atoms with Gasteiger partial charge in [-0.15, -0.1) is 0 Å². The van der Waals surface area contributed by atoms with Crippen LogP contribution in [-0.4, -0.2) is 19.0 Å². The molecule has 2 nitrogen and oxygen atoms in total. The van der Waals surface area contributed by atoms with Crippen LogP contribution in [0.3, 0.4) is 0 Å². The Balaban J connectivity index is 2.43. The van der Waals surface area contributed by atoms with E-state index in [0.717, 1.165) is 0 Å². The van der Waals surface area contributed by atoms with Crippen molar-refractivity contribution in [1.29, 1.82) is 0 Å². The zero-order valence-corrected chi connectivity index (χ0v) is 8.57. The van der Waals surface area contributed by atoms with Crippen molar-refractivity contribution in [2.75, 3.05) is 13.2 Å². The lowest BCUT2D eigenvalue weighted by molar-refractivity contribution is 0.0806. The minimum Gasteiger partial charge on any atom is -0.369 e. The molecule has 0 amide bonds. The molecule has 1 aromatic carbocycles. The second-order valence-electron chi connectivity index (χ2n) is 3.01. The Hall–Kier alpha value is -1.48. The van der Waals surface area contributed by atoms with Crippen LogP contribution in [0.5, 0.6) is 0 Å². The van der Waals surface area contributed by atoms with E-state index < -0.39 is 0 Å². The summed E-state index contributed by atoms with van der Waals surface area (Å²) in [5.74, 6) is -0.485. The molecule has 0 saturated heterocycles. The average Bonchev–Trinajstić information content (AvgIpc) is 2.25. The molecular weight excluding hydrogens is 195 g/mol. The van der Waals surface area contributed by atoms with Crippen LogP contribution >= 0.6 is 0 Å². The zero-order chi connectivity index (χ0) is 11.1. The minimum atomic E-state index is -0.346. The summed E-state index contributed by atoms with van der Waals surface area (Å²) in [6.45, 7) is 2.32. The highest BCUT2D eigenvalue weighted by Gasteiger charge is 2.04. The molecule has 15 heavy (non-hydrogen) atoms. The van der Waals surface area contributed by atoms with E-state index >= 15 is 0 Å². The van der Waals surface area contributed by atoms with Crippen molar-refractivity contribution in [1.82, 2.24) is 0 Å². The number of ketones is 1. The molecule has 1 rings (SSSR count). The number of rotatable bonds is 5. The molecule has 0 N–H and O–H groups in total. The monoisotopic (exact) mass is 208 g/mol. The Labute approximate surface area is 88.4 Å². The quantitative estimate of drug-likeness (QED) is 0.422. The van der Waals surface area contributed by atoms with Crippen LogP contribution < -0.4 is 0 Å². The van der Waals surface area contributed by atoms with Gasteiger partial charge in [-0.3, -0.25) is 4.79 Å². The molecule has 1 aromatic rings. The number of ether oxygens (including phenoxy) is 1. The van der Waals surface area contributed by atoms with Gasteiger partial charge in [0.2, 0.25) is 0 Å². The molecular formula is C12H13FO2. The van der Waals surface area contributed by atoms with Gasteiger partial charge >= 0.3 is 0 Å². The Kier molecular flexibility index (Phi) is 4.71. The normalized spacial score (nSPS) is 10.8. The summed E-state index contributed by atoms with van der Waals surface area (Å²) in [5.41, 5.74) is 0.469. The van der Waals surface area contributed by atoms with Gasteiger partial charge in [0.15, 0.2) is 5.78 Å². The molecule has 0 aliphatic carbocycles. The SMILES string of the molecule is CC=CCOCC(=O)c1ccc(F)cc1. The Morgan fingerprint density at radius 3 is 2.67 bits per heavy atom. The number of hydrogen-bond donors (Lipinski definition) is 0. The van der Waals surface area contributed by atoms with Gasteiger partial charge in [0.05, 0.1) is 6.61 Å². The highest BCUT2D eigenvalue weighted by atomic mass is 19.1. The lowest BCUT2D eigenvalue weighted by Crippen LogP contribution is -2.09. The fourth-order valence-corrected chi connectivity index (χ4v) is 1.04. The molecule has 0 unspecified atom stereocenters. The van der Waals surface area contributed by atoms with Crippen LogP contribution in [0.2, 0.25) is 0 Å².